The molecule has 1 aromatic carbocycles. The van der Waals surface area contributed by atoms with Crippen LogP contribution in [0.3, 0.4) is 0 Å². The fourth-order valence-electron chi connectivity index (χ4n) is 3.07. The van der Waals surface area contributed by atoms with E-state index < -0.39 is 0 Å². The predicted molar refractivity (Wildman–Crippen MR) is 105 cm³/mol. The highest BCUT2D eigenvalue weighted by Crippen LogP contribution is 2.28. The van der Waals surface area contributed by atoms with Crippen LogP contribution in [0, 0.1) is 0 Å². The fraction of sp³-hybridized carbons (Fsp3) is 0.500. The number of ether oxygens (including phenoxy) is 1. The van der Waals surface area contributed by atoms with Crippen molar-refractivity contribution in [3.05, 3.63) is 36.5 Å². The molecule has 26 heavy (non-hydrogen) atoms. The average molecular weight is 374 g/mol. The molecule has 1 saturated heterocycles. The Hall–Kier alpha value is -1.79. The summed E-state index contributed by atoms with van der Waals surface area (Å²) in [6.07, 6.45) is 4.29. The van der Waals surface area contributed by atoms with Crippen molar-refractivity contribution in [1.29, 1.82) is 0 Å². The topological polar surface area (TPSA) is 56.2 Å². The number of nitrogens with one attached hydrogen (secondary N) is 1. The van der Waals surface area contributed by atoms with Crippen molar-refractivity contribution < 1.29 is 9.53 Å². The van der Waals surface area contributed by atoms with Gasteiger partial charge in [-0.3, -0.25) is 4.79 Å². The molecule has 0 radical (unpaired) electrons. The Balaban J connectivity index is 1.78. The number of benzene rings is 1. The third-order valence-electron chi connectivity index (χ3n) is 4.15. The largest absolute Gasteiger partial charge is 0.376 e. The Labute approximate surface area is 159 Å². The lowest BCUT2D eigenvalue weighted by Gasteiger charge is -2.20. The first-order valence-corrected chi connectivity index (χ1v) is 10.1. The molecule has 1 aliphatic heterocycles. The molecule has 2 heterocycles. The highest BCUT2D eigenvalue weighted by atomic mass is 32.2. The minimum Gasteiger partial charge on any atom is -0.376 e. The van der Waals surface area contributed by atoms with Crippen molar-refractivity contribution >= 4 is 17.7 Å². The van der Waals surface area contributed by atoms with Gasteiger partial charge < -0.3 is 14.6 Å². The van der Waals surface area contributed by atoms with Crippen LogP contribution in [-0.2, 0) is 16.1 Å². The minimum absolute atomic E-state index is 0.0235. The van der Waals surface area contributed by atoms with Crippen LogP contribution in [0.2, 0.25) is 0 Å². The van der Waals surface area contributed by atoms with E-state index in [4.69, 9.17) is 4.74 Å². The molecule has 5 nitrogen and oxygen atoms in total. The van der Waals surface area contributed by atoms with Crippen LogP contribution in [0.5, 0.6) is 0 Å². The predicted octanol–water partition coefficient (Wildman–Crippen LogP) is 3.74. The third kappa shape index (κ3) is 5.11. The van der Waals surface area contributed by atoms with Gasteiger partial charge in [0.1, 0.15) is 0 Å². The van der Waals surface area contributed by atoms with Crippen LogP contribution < -0.4 is 5.32 Å². The Morgan fingerprint density at radius 1 is 1.35 bits per heavy atom. The van der Waals surface area contributed by atoms with Gasteiger partial charge in [0.05, 0.1) is 30.3 Å². The lowest BCUT2D eigenvalue weighted by Crippen LogP contribution is -2.41. The van der Waals surface area contributed by atoms with Crippen molar-refractivity contribution in [2.24, 2.45) is 0 Å². The van der Waals surface area contributed by atoms with Crippen LogP contribution in [0.15, 0.2) is 41.7 Å². The summed E-state index contributed by atoms with van der Waals surface area (Å²) in [6.45, 7) is 7.56. The Kier molecular flexibility index (Phi) is 6.04. The fourth-order valence-corrected chi connectivity index (χ4v) is 3.85. The summed E-state index contributed by atoms with van der Waals surface area (Å²) in [6, 6.07) is 10.2. The van der Waals surface area contributed by atoms with Gasteiger partial charge >= 0.3 is 0 Å². The number of hydrogen-bond donors (Lipinski definition) is 1. The maximum Gasteiger partial charge on any atom is 0.230 e. The van der Waals surface area contributed by atoms with Crippen LogP contribution in [0.1, 0.15) is 33.6 Å². The summed E-state index contributed by atoms with van der Waals surface area (Å²) in [5, 5.41) is 3.86. The van der Waals surface area contributed by atoms with Gasteiger partial charge in [-0.2, -0.15) is 0 Å². The zero-order valence-corrected chi connectivity index (χ0v) is 16.5. The van der Waals surface area contributed by atoms with Crippen molar-refractivity contribution in [3.8, 4) is 11.3 Å². The SMILES string of the molecule is CC(C)(C)NC(=O)CSc1ncc(-c2ccccc2)n1C[C@@H]1CCCO1. The number of carbonyl (C=O) groups is 1. The van der Waals surface area contributed by atoms with E-state index in [1.165, 1.54) is 11.8 Å². The Bertz CT molecular complexity index is 731. The summed E-state index contributed by atoms with van der Waals surface area (Å²) in [7, 11) is 0. The summed E-state index contributed by atoms with van der Waals surface area (Å²) >= 11 is 1.48. The highest BCUT2D eigenvalue weighted by molar-refractivity contribution is 7.99. The highest BCUT2D eigenvalue weighted by Gasteiger charge is 2.21. The first-order chi connectivity index (χ1) is 12.4. The Morgan fingerprint density at radius 3 is 2.77 bits per heavy atom. The van der Waals surface area contributed by atoms with E-state index in [9.17, 15) is 4.79 Å². The molecule has 0 aliphatic carbocycles. The van der Waals surface area contributed by atoms with Gasteiger partial charge in [0.25, 0.3) is 0 Å². The van der Waals surface area contributed by atoms with Crippen LogP contribution in [0.4, 0.5) is 0 Å². The number of nitrogens with zero attached hydrogens (tertiary/aromatic N) is 2. The number of aromatic nitrogens is 2. The third-order valence-corrected chi connectivity index (χ3v) is 5.14. The number of thioether (sulfide) groups is 1. The molecule has 1 atom stereocenters. The van der Waals surface area contributed by atoms with E-state index in [2.05, 4.69) is 27.0 Å². The molecule has 1 aliphatic rings. The monoisotopic (exact) mass is 373 g/mol. The molecule has 0 saturated carbocycles. The van der Waals surface area contributed by atoms with Gasteiger partial charge in [-0.05, 0) is 39.2 Å². The van der Waals surface area contributed by atoms with E-state index in [0.29, 0.717) is 5.75 Å². The number of rotatable bonds is 6. The molecule has 2 aromatic rings. The molecule has 0 bridgehead atoms. The molecule has 0 spiro atoms. The molecule has 0 unspecified atom stereocenters. The normalized spacial score (nSPS) is 17.4. The first kappa shape index (κ1) is 19.0. The van der Waals surface area contributed by atoms with Crippen molar-refractivity contribution in [2.45, 2.75) is 57.0 Å². The number of hydrogen-bond acceptors (Lipinski definition) is 4. The molecule has 140 valence electrons. The average Bonchev–Trinajstić information content (AvgIpc) is 3.23. The van der Waals surface area contributed by atoms with E-state index in [-0.39, 0.29) is 17.6 Å². The number of carbonyl (C=O) groups excluding carboxylic acids is 1. The van der Waals surface area contributed by atoms with Gasteiger partial charge in [0, 0.05) is 12.1 Å². The molecule has 3 rings (SSSR count). The van der Waals surface area contributed by atoms with Crippen molar-refractivity contribution in [2.75, 3.05) is 12.4 Å². The van der Waals surface area contributed by atoms with Gasteiger partial charge in [0.15, 0.2) is 5.16 Å². The molecule has 1 aromatic heterocycles. The van der Waals surface area contributed by atoms with Crippen LogP contribution >= 0.6 is 11.8 Å². The summed E-state index contributed by atoms with van der Waals surface area (Å²) in [4.78, 5) is 16.8. The second-order valence-electron chi connectivity index (χ2n) is 7.62. The van der Waals surface area contributed by atoms with Gasteiger partial charge in [0.2, 0.25) is 5.91 Å². The first-order valence-electron chi connectivity index (χ1n) is 9.09. The molecule has 6 heteroatoms. The summed E-state index contributed by atoms with van der Waals surface area (Å²) in [5.74, 6) is 0.379. The van der Waals surface area contributed by atoms with Gasteiger partial charge in [-0.15, -0.1) is 0 Å². The zero-order valence-electron chi connectivity index (χ0n) is 15.7. The zero-order chi connectivity index (χ0) is 18.6. The molecule has 1 N–H and O–H groups in total. The maximum atomic E-state index is 12.2. The van der Waals surface area contributed by atoms with Crippen LogP contribution in [0.25, 0.3) is 11.3 Å². The lowest BCUT2D eigenvalue weighted by molar-refractivity contribution is -0.119. The quantitative estimate of drug-likeness (QED) is 0.784. The second kappa shape index (κ2) is 8.27. The molecular weight excluding hydrogens is 346 g/mol. The smallest absolute Gasteiger partial charge is 0.230 e. The number of amides is 1. The lowest BCUT2D eigenvalue weighted by atomic mass is 10.1. The standard InChI is InChI=1S/C20H27N3O2S/c1-20(2,3)22-18(24)14-26-19-21-12-17(15-8-5-4-6-9-15)23(19)13-16-10-7-11-25-16/h4-6,8-9,12,16H,7,10-11,13-14H2,1-3H3,(H,22,24)/t16-/m0/s1. The molecule has 1 fully saturated rings. The van der Waals surface area contributed by atoms with Gasteiger partial charge in [-0.25, -0.2) is 4.98 Å². The van der Waals surface area contributed by atoms with Gasteiger partial charge in [-0.1, -0.05) is 42.1 Å². The maximum absolute atomic E-state index is 12.2. The van der Waals surface area contributed by atoms with E-state index >= 15 is 0 Å². The van der Waals surface area contributed by atoms with E-state index in [0.717, 1.165) is 42.4 Å². The van der Waals surface area contributed by atoms with Crippen molar-refractivity contribution in [3.63, 3.8) is 0 Å². The van der Waals surface area contributed by atoms with E-state index in [1.54, 1.807) is 0 Å². The number of imidazole rings is 1. The molecule has 1 amide bonds. The van der Waals surface area contributed by atoms with E-state index in [1.807, 2.05) is 45.2 Å². The summed E-state index contributed by atoms with van der Waals surface area (Å²) < 4.78 is 8.02. The van der Waals surface area contributed by atoms with Crippen molar-refractivity contribution in [1.82, 2.24) is 14.9 Å². The Morgan fingerprint density at radius 2 is 2.12 bits per heavy atom. The second-order valence-corrected chi connectivity index (χ2v) is 8.57. The minimum atomic E-state index is -0.222. The molecular formula is C20H27N3O2S. The summed E-state index contributed by atoms with van der Waals surface area (Å²) in [5.41, 5.74) is 1.98. The van der Waals surface area contributed by atoms with Crippen LogP contribution in [-0.4, -0.2) is 39.5 Å².